The summed E-state index contributed by atoms with van der Waals surface area (Å²) in [6.07, 6.45) is -4.29. The molecule has 0 radical (unpaired) electrons. The van der Waals surface area contributed by atoms with Gasteiger partial charge in [0.05, 0.1) is 18.2 Å². The number of halogens is 3. The number of aryl methyl sites for hydroxylation is 1. The fourth-order valence-electron chi connectivity index (χ4n) is 1.81. The van der Waals surface area contributed by atoms with Gasteiger partial charge in [-0.2, -0.15) is 13.2 Å². The summed E-state index contributed by atoms with van der Waals surface area (Å²) in [7, 11) is 1.76. The minimum atomic E-state index is -4.29. The molecule has 18 heavy (non-hydrogen) atoms. The van der Waals surface area contributed by atoms with Gasteiger partial charge < -0.3 is 10.1 Å². The number of alkyl halides is 3. The standard InChI is InChI=1S/C13H18F3NO/c1-4-18-8-12(17-3)11-6-5-10(7-9(11)2)13(14,15)16/h5-7,12,17H,4,8H2,1-3H3. The summed E-state index contributed by atoms with van der Waals surface area (Å²) in [5.74, 6) is 0. The molecule has 1 aromatic carbocycles. The van der Waals surface area contributed by atoms with Crippen molar-refractivity contribution >= 4 is 0 Å². The predicted molar refractivity (Wildman–Crippen MR) is 64.5 cm³/mol. The minimum Gasteiger partial charge on any atom is -0.380 e. The highest BCUT2D eigenvalue weighted by atomic mass is 19.4. The first-order chi connectivity index (χ1) is 8.40. The zero-order valence-corrected chi connectivity index (χ0v) is 10.8. The Kier molecular flexibility index (Phi) is 5.16. The lowest BCUT2D eigenvalue weighted by atomic mass is 9.99. The molecule has 0 fully saturated rings. The van der Waals surface area contributed by atoms with Crippen molar-refractivity contribution in [2.45, 2.75) is 26.1 Å². The number of rotatable bonds is 5. The highest BCUT2D eigenvalue weighted by Crippen LogP contribution is 2.31. The molecule has 0 saturated heterocycles. The number of ether oxygens (including phenoxy) is 1. The van der Waals surface area contributed by atoms with Crippen LogP contribution >= 0.6 is 0 Å². The lowest BCUT2D eigenvalue weighted by Gasteiger charge is -2.19. The third kappa shape index (κ3) is 3.71. The second-order valence-corrected chi connectivity index (χ2v) is 4.07. The summed E-state index contributed by atoms with van der Waals surface area (Å²) in [5, 5.41) is 3.05. The second kappa shape index (κ2) is 6.20. The first kappa shape index (κ1) is 15.0. The van der Waals surface area contributed by atoms with E-state index in [-0.39, 0.29) is 6.04 Å². The van der Waals surface area contributed by atoms with Crippen LogP contribution in [0.3, 0.4) is 0 Å². The lowest BCUT2D eigenvalue weighted by Crippen LogP contribution is -2.23. The van der Waals surface area contributed by atoms with Crippen LogP contribution in [-0.4, -0.2) is 20.3 Å². The van der Waals surface area contributed by atoms with Crippen molar-refractivity contribution in [1.82, 2.24) is 5.32 Å². The van der Waals surface area contributed by atoms with E-state index >= 15 is 0 Å². The normalized spacial score (nSPS) is 13.7. The Bertz CT molecular complexity index is 390. The lowest BCUT2D eigenvalue weighted by molar-refractivity contribution is -0.137. The van der Waals surface area contributed by atoms with Gasteiger partial charge in [-0.05, 0) is 44.2 Å². The summed E-state index contributed by atoms with van der Waals surface area (Å²) in [6.45, 7) is 4.59. The Balaban J connectivity index is 2.96. The maximum absolute atomic E-state index is 12.5. The third-order valence-corrected chi connectivity index (χ3v) is 2.81. The van der Waals surface area contributed by atoms with E-state index in [1.807, 2.05) is 6.92 Å². The monoisotopic (exact) mass is 261 g/mol. The van der Waals surface area contributed by atoms with E-state index in [9.17, 15) is 13.2 Å². The van der Waals surface area contributed by atoms with E-state index in [4.69, 9.17) is 4.74 Å². The van der Waals surface area contributed by atoms with E-state index < -0.39 is 11.7 Å². The van der Waals surface area contributed by atoms with Crippen molar-refractivity contribution in [1.29, 1.82) is 0 Å². The molecule has 5 heteroatoms. The molecule has 102 valence electrons. The highest BCUT2D eigenvalue weighted by Gasteiger charge is 2.31. The maximum Gasteiger partial charge on any atom is 0.416 e. The van der Waals surface area contributed by atoms with E-state index in [0.717, 1.165) is 11.6 Å². The smallest absolute Gasteiger partial charge is 0.380 e. The van der Waals surface area contributed by atoms with E-state index in [2.05, 4.69) is 5.32 Å². The fraction of sp³-hybridized carbons (Fsp3) is 0.538. The molecule has 1 atom stereocenters. The topological polar surface area (TPSA) is 21.3 Å². The number of benzene rings is 1. The molecule has 1 N–H and O–H groups in total. The summed E-state index contributed by atoms with van der Waals surface area (Å²) in [5.41, 5.74) is 0.831. The van der Waals surface area contributed by atoms with Crippen LogP contribution in [0.4, 0.5) is 13.2 Å². The van der Waals surface area contributed by atoms with Crippen LogP contribution in [0.5, 0.6) is 0 Å². The van der Waals surface area contributed by atoms with Gasteiger partial charge in [0.1, 0.15) is 0 Å². The average molecular weight is 261 g/mol. The second-order valence-electron chi connectivity index (χ2n) is 4.07. The molecule has 0 aromatic heterocycles. The maximum atomic E-state index is 12.5. The number of hydrogen-bond donors (Lipinski definition) is 1. The van der Waals surface area contributed by atoms with Crippen molar-refractivity contribution in [3.8, 4) is 0 Å². The van der Waals surface area contributed by atoms with Gasteiger partial charge in [0.25, 0.3) is 0 Å². The molecule has 0 bridgehead atoms. The summed E-state index contributed by atoms with van der Waals surface area (Å²) < 4.78 is 42.9. The Morgan fingerprint density at radius 1 is 1.33 bits per heavy atom. The van der Waals surface area contributed by atoms with Gasteiger partial charge in [0.15, 0.2) is 0 Å². The molecule has 2 nitrogen and oxygen atoms in total. The van der Waals surface area contributed by atoms with Crippen LogP contribution in [-0.2, 0) is 10.9 Å². The van der Waals surface area contributed by atoms with Crippen LogP contribution in [0.2, 0.25) is 0 Å². The third-order valence-electron chi connectivity index (χ3n) is 2.81. The number of hydrogen-bond acceptors (Lipinski definition) is 2. The van der Waals surface area contributed by atoms with Crippen LogP contribution in [0.25, 0.3) is 0 Å². The largest absolute Gasteiger partial charge is 0.416 e. The molecular weight excluding hydrogens is 243 g/mol. The molecule has 0 aliphatic rings. The molecule has 1 unspecified atom stereocenters. The molecule has 1 aromatic rings. The summed E-state index contributed by atoms with van der Waals surface area (Å²) >= 11 is 0. The SMILES string of the molecule is CCOCC(NC)c1ccc(C(F)(F)F)cc1C. The molecule has 0 amide bonds. The summed E-state index contributed by atoms with van der Waals surface area (Å²) in [6, 6.07) is 3.70. The van der Waals surface area contributed by atoms with Gasteiger partial charge in [-0.15, -0.1) is 0 Å². The van der Waals surface area contributed by atoms with Crippen molar-refractivity contribution in [3.05, 3.63) is 34.9 Å². The Labute approximate surface area is 105 Å². The Hall–Kier alpha value is -1.07. The van der Waals surface area contributed by atoms with Crippen molar-refractivity contribution in [3.63, 3.8) is 0 Å². The van der Waals surface area contributed by atoms with Crippen LogP contribution in [0.15, 0.2) is 18.2 Å². The summed E-state index contributed by atoms with van der Waals surface area (Å²) in [4.78, 5) is 0. The zero-order chi connectivity index (χ0) is 13.8. The van der Waals surface area contributed by atoms with Gasteiger partial charge in [-0.3, -0.25) is 0 Å². The average Bonchev–Trinajstić information content (AvgIpc) is 2.30. The Morgan fingerprint density at radius 3 is 2.44 bits per heavy atom. The van der Waals surface area contributed by atoms with E-state index in [0.29, 0.717) is 18.8 Å². The molecule has 0 aliphatic carbocycles. The zero-order valence-electron chi connectivity index (χ0n) is 10.8. The molecule has 1 rings (SSSR count). The molecule has 0 saturated carbocycles. The molecule has 0 spiro atoms. The first-order valence-corrected chi connectivity index (χ1v) is 5.83. The van der Waals surface area contributed by atoms with Crippen molar-refractivity contribution < 1.29 is 17.9 Å². The number of likely N-dealkylation sites (N-methyl/N-ethyl adjacent to an activating group) is 1. The minimum absolute atomic E-state index is 0.0905. The van der Waals surface area contributed by atoms with Gasteiger partial charge in [0, 0.05) is 6.61 Å². The first-order valence-electron chi connectivity index (χ1n) is 5.83. The van der Waals surface area contributed by atoms with Crippen LogP contribution in [0.1, 0.15) is 29.7 Å². The van der Waals surface area contributed by atoms with Gasteiger partial charge in [-0.25, -0.2) is 0 Å². The van der Waals surface area contributed by atoms with E-state index in [1.165, 1.54) is 12.1 Å². The van der Waals surface area contributed by atoms with Crippen molar-refractivity contribution in [2.24, 2.45) is 0 Å². The fourth-order valence-corrected chi connectivity index (χ4v) is 1.81. The van der Waals surface area contributed by atoms with Gasteiger partial charge >= 0.3 is 6.18 Å². The number of nitrogens with one attached hydrogen (secondary N) is 1. The Morgan fingerprint density at radius 2 is 2.00 bits per heavy atom. The van der Waals surface area contributed by atoms with E-state index in [1.54, 1.807) is 14.0 Å². The quantitative estimate of drug-likeness (QED) is 0.878. The molecular formula is C13H18F3NO. The van der Waals surface area contributed by atoms with Gasteiger partial charge in [0.2, 0.25) is 0 Å². The van der Waals surface area contributed by atoms with Crippen LogP contribution in [0, 0.1) is 6.92 Å². The highest BCUT2D eigenvalue weighted by molar-refractivity contribution is 5.34. The molecule has 0 aliphatic heterocycles. The van der Waals surface area contributed by atoms with Gasteiger partial charge in [-0.1, -0.05) is 6.07 Å². The van der Waals surface area contributed by atoms with Crippen LogP contribution < -0.4 is 5.32 Å². The van der Waals surface area contributed by atoms with Crippen molar-refractivity contribution in [2.75, 3.05) is 20.3 Å². The molecule has 0 heterocycles. The predicted octanol–water partition coefficient (Wildman–Crippen LogP) is 3.31.